The number of amides is 1. The molecule has 5 rings (SSSR count). The van der Waals surface area contributed by atoms with Gasteiger partial charge in [-0.2, -0.15) is 8.42 Å². The molecule has 1 amide bonds. The standard InChI is InChI=1S/C26H30FN7O4.C7H8O3S/c1-17(2)23-14-34(33-32-23)15-24(35)30-18-4-6-19(7-5-18)31-26-25-21(27)12-20(13-22(25)28-16-29-26)38-11-10-37-9-8-36-3;1-6-2-4-7(5-3-6)11(8,9)10/h4-7,12-14,16-17H,8-11,15H2,1-3H3,(H,30,35)(H,28,29,31);2-5H,1H3,(H,8,9,10). The van der Waals surface area contributed by atoms with E-state index in [4.69, 9.17) is 18.8 Å². The first kappa shape index (κ1) is 36.8. The maximum atomic E-state index is 15.0. The fraction of sp³-hybridized carbons (Fsp3) is 0.303. The van der Waals surface area contributed by atoms with Gasteiger partial charge < -0.3 is 24.8 Å². The predicted molar refractivity (Wildman–Crippen MR) is 181 cm³/mol. The SMILES string of the molecule is COCCOCCOc1cc(F)c2c(Nc3ccc(NC(=O)Cn4cc(C(C)C)nn4)cc3)ncnc2c1.Cc1ccc(S(=O)(=O)O)cc1. The molecule has 0 saturated heterocycles. The van der Waals surface area contributed by atoms with Crippen LogP contribution in [0.3, 0.4) is 0 Å². The molecule has 0 aliphatic rings. The second kappa shape index (κ2) is 17.4. The van der Waals surface area contributed by atoms with Gasteiger partial charge >= 0.3 is 0 Å². The molecule has 0 spiro atoms. The lowest BCUT2D eigenvalue weighted by Gasteiger charge is -2.12. The predicted octanol–water partition coefficient (Wildman–Crippen LogP) is 5.15. The molecule has 0 aliphatic carbocycles. The van der Waals surface area contributed by atoms with Gasteiger partial charge in [0.15, 0.2) is 0 Å². The average molecular weight is 696 g/mol. The van der Waals surface area contributed by atoms with Gasteiger partial charge in [0.1, 0.15) is 36.9 Å². The van der Waals surface area contributed by atoms with Crippen molar-refractivity contribution in [1.29, 1.82) is 0 Å². The molecule has 5 aromatic rings. The minimum Gasteiger partial charge on any atom is -0.491 e. The molecule has 260 valence electrons. The highest BCUT2D eigenvalue weighted by atomic mass is 32.2. The summed E-state index contributed by atoms with van der Waals surface area (Å²) in [6.07, 6.45) is 3.11. The lowest BCUT2D eigenvalue weighted by Crippen LogP contribution is -2.19. The summed E-state index contributed by atoms with van der Waals surface area (Å²) in [5.41, 5.74) is 3.45. The molecule has 14 nitrogen and oxygen atoms in total. The molecule has 2 aromatic heterocycles. The lowest BCUT2D eigenvalue weighted by molar-refractivity contribution is -0.116. The zero-order chi connectivity index (χ0) is 35.4. The number of nitrogens with zero attached hydrogens (tertiary/aromatic N) is 5. The van der Waals surface area contributed by atoms with Gasteiger partial charge in [-0.15, -0.1) is 5.10 Å². The van der Waals surface area contributed by atoms with Crippen molar-refractivity contribution in [3.63, 3.8) is 0 Å². The van der Waals surface area contributed by atoms with Crippen LogP contribution in [0.4, 0.5) is 21.6 Å². The smallest absolute Gasteiger partial charge is 0.294 e. The Labute approximate surface area is 283 Å². The number of rotatable bonds is 14. The maximum absolute atomic E-state index is 15.0. The monoisotopic (exact) mass is 695 g/mol. The Hall–Kier alpha value is -5.03. The molecule has 0 atom stereocenters. The van der Waals surface area contributed by atoms with E-state index >= 15 is 4.39 Å². The van der Waals surface area contributed by atoms with E-state index in [0.29, 0.717) is 48.3 Å². The number of ether oxygens (including phenoxy) is 3. The Morgan fingerprint density at radius 2 is 1.67 bits per heavy atom. The first-order valence-corrected chi connectivity index (χ1v) is 16.6. The van der Waals surface area contributed by atoms with Crippen LogP contribution < -0.4 is 15.4 Å². The van der Waals surface area contributed by atoms with Crippen LogP contribution in [0, 0.1) is 12.7 Å². The summed E-state index contributed by atoms with van der Waals surface area (Å²) >= 11 is 0. The molecule has 49 heavy (non-hydrogen) atoms. The molecule has 3 N–H and O–H groups in total. The van der Waals surface area contributed by atoms with Crippen molar-refractivity contribution < 1.29 is 36.4 Å². The Bertz CT molecular complexity index is 1940. The number of hydrogen-bond acceptors (Lipinski definition) is 11. The molecule has 0 aliphatic heterocycles. The van der Waals surface area contributed by atoms with E-state index in [0.717, 1.165) is 11.3 Å². The summed E-state index contributed by atoms with van der Waals surface area (Å²) in [5, 5.41) is 14.2. The molecule has 0 bridgehead atoms. The number of fused-ring (bicyclic) bond motifs is 1. The zero-order valence-electron chi connectivity index (χ0n) is 27.5. The van der Waals surface area contributed by atoms with Gasteiger partial charge in [-0.1, -0.05) is 36.8 Å². The van der Waals surface area contributed by atoms with Crippen molar-refractivity contribution >= 4 is 44.1 Å². The number of aromatic nitrogens is 5. The van der Waals surface area contributed by atoms with E-state index < -0.39 is 15.9 Å². The number of methoxy groups -OCH3 is 1. The minimum absolute atomic E-state index is 0.0540. The second-order valence-corrected chi connectivity index (χ2v) is 12.4. The van der Waals surface area contributed by atoms with Gasteiger partial charge in [0.05, 0.1) is 41.3 Å². The molecule has 2 heterocycles. The summed E-state index contributed by atoms with van der Waals surface area (Å²) in [7, 11) is -2.42. The van der Waals surface area contributed by atoms with Crippen molar-refractivity contribution in [3.05, 3.63) is 90.3 Å². The van der Waals surface area contributed by atoms with Crippen LogP contribution >= 0.6 is 0 Å². The van der Waals surface area contributed by atoms with Crippen LogP contribution in [0.1, 0.15) is 31.0 Å². The first-order chi connectivity index (χ1) is 23.4. The van der Waals surface area contributed by atoms with Crippen LogP contribution in [0.5, 0.6) is 5.75 Å². The van der Waals surface area contributed by atoms with E-state index in [-0.39, 0.29) is 35.3 Å². The fourth-order valence-corrected chi connectivity index (χ4v) is 4.73. The number of nitrogens with one attached hydrogen (secondary N) is 2. The normalized spacial score (nSPS) is 11.2. The first-order valence-electron chi connectivity index (χ1n) is 15.2. The minimum atomic E-state index is -4.02. The number of benzene rings is 3. The number of aryl methyl sites for hydroxylation is 1. The van der Waals surface area contributed by atoms with Gasteiger partial charge in [-0.3, -0.25) is 9.35 Å². The number of anilines is 3. The van der Waals surface area contributed by atoms with Gasteiger partial charge in [-0.05, 0) is 49.2 Å². The third-order valence-electron chi connectivity index (χ3n) is 6.80. The summed E-state index contributed by atoms with van der Waals surface area (Å²) < 4.78 is 61.9. The highest BCUT2D eigenvalue weighted by Gasteiger charge is 2.13. The van der Waals surface area contributed by atoms with Crippen molar-refractivity contribution in [2.75, 3.05) is 44.2 Å². The van der Waals surface area contributed by atoms with Gasteiger partial charge in [0.2, 0.25) is 5.91 Å². The number of halogens is 1. The summed E-state index contributed by atoms with van der Waals surface area (Å²) in [6.45, 7) is 7.51. The Balaban J connectivity index is 0.000000418. The highest BCUT2D eigenvalue weighted by molar-refractivity contribution is 7.85. The quantitative estimate of drug-likeness (QED) is 0.103. The Kier molecular flexibility index (Phi) is 13.1. The largest absolute Gasteiger partial charge is 0.491 e. The third kappa shape index (κ3) is 11.3. The van der Waals surface area contributed by atoms with E-state index in [1.54, 1.807) is 55.8 Å². The summed E-state index contributed by atoms with van der Waals surface area (Å²) in [5.74, 6) is 0.152. The topological polar surface area (TPSA) is 180 Å². The Morgan fingerprint density at radius 1 is 0.980 bits per heavy atom. The van der Waals surface area contributed by atoms with Gasteiger partial charge in [0.25, 0.3) is 10.1 Å². The van der Waals surface area contributed by atoms with Crippen molar-refractivity contribution in [3.8, 4) is 5.75 Å². The van der Waals surface area contributed by atoms with Crippen LogP contribution in [-0.2, 0) is 30.9 Å². The van der Waals surface area contributed by atoms with E-state index in [2.05, 4.69) is 30.9 Å². The molecule has 0 saturated carbocycles. The van der Waals surface area contributed by atoms with Gasteiger partial charge in [0, 0.05) is 36.8 Å². The van der Waals surface area contributed by atoms with Crippen molar-refractivity contribution in [1.82, 2.24) is 25.0 Å². The van der Waals surface area contributed by atoms with E-state index in [9.17, 15) is 13.2 Å². The number of carbonyl (C=O) groups is 1. The zero-order valence-corrected chi connectivity index (χ0v) is 28.3. The van der Waals surface area contributed by atoms with Crippen LogP contribution in [-0.4, -0.2) is 77.4 Å². The molecule has 0 fully saturated rings. The third-order valence-corrected chi connectivity index (χ3v) is 7.66. The Morgan fingerprint density at radius 3 is 2.33 bits per heavy atom. The van der Waals surface area contributed by atoms with Crippen molar-refractivity contribution in [2.45, 2.75) is 38.1 Å². The molecule has 16 heteroatoms. The average Bonchev–Trinajstić information content (AvgIpc) is 3.52. The highest BCUT2D eigenvalue weighted by Crippen LogP contribution is 2.29. The fourth-order valence-electron chi connectivity index (χ4n) is 4.25. The van der Waals surface area contributed by atoms with E-state index in [1.165, 1.54) is 29.2 Å². The van der Waals surface area contributed by atoms with Gasteiger partial charge in [-0.25, -0.2) is 19.0 Å². The molecular weight excluding hydrogens is 657 g/mol. The van der Waals surface area contributed by atoms with Crippen LogP contribution in [0.15, 0.2) is 78.1 Å². The molecule has 3 aromatic carbocycles. The molecule has 0 radical (unpaired) electrons. The van der Waals surface area contributed by atoms with E-state index in [1.807, 2.05) is 20.8 Å². The number of hydrogen-bond donors (Lipinski definition) is 3. The number of carbonyl (C=O) groups excluding carboxylic acids is 1. The van der Waals surface area contributed by atoms with Crippen molar-refractivity contribution in [2.24, 2.45) is 0 Å². The maximum Gasteiger partial charge on any atom is 0.294 e. The lowest BCUT2D eigenvalue weighted by atomic mass is 10.2. The van der Waals surface area contributed by atoms with Crippen LogP contribution in [0.2, 0.25) is 0 Å². The molecule has 0 unspecified atom stereocenters. The molecular formula is C33H38FN7O7S. The summed E-state index contributed by atoms with van der Waals surface area (Å²) in [6, 6.07) is 15.9. The second-order valence-electron chi connectivity index (χ2n) is 11.0. The summed E-state index contributed by atoms with van der Waals surface area (Å²) in [4.78, 5) is 20.7. The van der Waals surface area contributed by atoms with Crippen LogP contribution in [0.25, 0.3) is 10.9 Å².